The second-order valence-corrected chi connectivity index (χ2v) is 9.16. The van der Waals surface area contributed by atoms with E-state index >= 15 is 0 Å². The zero-order valence-corrected chi connectivity index (χ0v) is 17.2. The Hall–Kier alpha value is -2.29. The molecular formula is C20H25N3O4S. The van der Waals surface area contributed by atoms with Crippen LogP contribution in [0.1, 0.15) is 22.3 Å². The maximum atomic E-state index is 13.1. The summed E-state index contributed by atoms with van der Waals surface area (Å²) >= 11 is 0. The molecule has 2 aromatic rings. The van der Waals surface area contributed by atoms with Crippen LogP contribution >= 0.6 is 0 Å². The Bertz CT molecular complexity index is 997. The van der Waals surface area contributed by atoms with Crippen LogP contribution in [-0.2, 0) is 16.6 Å². The summed E-state index contributed by atoms with van der Waals surface area (Å²) in [5.41, 5.74) is 3.43. The van der Waals surface area contributed by atoms with Gasteiger partial charge in [-0.15, -0.1) is 0 Å². The molecule has 1 heterocycles. The first kappa shape index (κ1) is 20.4. The van der Waals surface area contributed by atoms with Gasteiger partial charge in [0.2, 0.25) is 10.0 Å². The number of aryl methyl sites for hydroxylation is 2. The predicted molar refractivity (Wildman–Crippen MR) is 108 cm³/mol. The van der Waals surface area contributed by atoms with Crippen molar-refractivity contribution < 1.29 is 13.3 Å². The van der Waals surface area contributed by atoms with Crippen molar-refractivity contribution in [2.24, 2.45) is 0 Å². The molecule has 0 amide bonds. The van der Waals surface area contributed by atoms with Gasteiger partial charge in [-0.25, -0.2) is 8.42 Å². The third-order valence-electron chi connectivity index (χ3n) is 5.42. The Morgan fingerprint density at radius 1 is 1.00 bits per heavy atom. The van der Waals surface area contributed by atoms with Gasteiger partial charge in [0.1, 0.15) is 0 Å². The highest BCUT2D eigenvalue weighted by Gasteiger charge is 2.31. The van der Waals surface area contributed by atoms with E-state index in [0.29, 0.717) is 37.3 Å². The Morgan fingerprint density at radius 2 is 1.64 bits per heavy atom. The van der Waals surface area contributed by atoms with E-state index in [1.165, 1.54) is 27.6 Å². The second-order valence-electron chi connectivity index (χ2n) is 7.25. The van der Waals surface area contributed by atoms with Gasteiger partial charge in [-0.1, -0.05) is 24.3 Å². The number of hydrogen-bond donors (Lipinski definition) is 0. The summed E-state index contributed by atoms with van der Waals surface area (Å²) in [5, 5.41) is 11.2. The van der Waals surface area contributed by atoms with E-state index < -0.39 is 14.9 Å². The zero-order valence-electron chi connectivity index (χ0n) is 16.4. The average molecular weight is 404 g/mol. The predicted octanol–water partition coefficient (Wildman–Crippen LogP) is 3.03. The van der Waals surface area contributed by atoms with Crippen LogP contribution in [-0.4, -0.2) is 48.7 Å². The molecule has 2 aromatic carbocycles. The van der Waals surface area contributed by atoms with Crippen LogP contribution in [0.25, 0.3) is 0 Å². The van der Waals surface area contributed by atoms with Gasteiger partial charge in [0, 0.05) is 44.9 Å². The summed E-state index contributed by atoms with van der Waals surface area (Å²) in [7, 11) is -3.77. The van der Waals surface area contributed by atoms with Crippen molar-refractivity contribution in [3.05, 3.63) is 68.8 Å². The lowest BCUT2D eigenvalue weighted by atomic mass is 10.1. The summed E-state index contributed by atoms with van der Waals surface area (Å²) in [5.74, 6) is 0. The van der Waals surface area contributed by atoms with Crippen molar-refractivity contribution in [2.75, 3.05) is 26.2 Å². The molecule has 7 nitrogen and oxygen atoms in total. The van der Waals surface area contributed by atoms with Crippen LogP contribution in [0, 0.1) is 30.9 Å². The quantitative estimate of drug-likeness (QED) is 0.566. The highest BCUT2D eigenvalue weighted by Crippen LogP contribution is 2.28. The fourth-order valence-corrected chi connectivity index (χ4v) is 5.22. The molecule has 0 radical (unpaired) electrons. The van der Waals surface area contributed by atoms with Crippen molar-refractivity contribution in [1.82, 2.24) is 9.21 Å². The molecule has 0 aromatic heterocycles. The topological polar surface area (TPSA) is 83.8 Å². The van der Waals surface area contributed by atoms with Crippen LogP contribution in [0.4, 0.5) is 5.69 Å². The fraction of sp³-hybridized carbons (Fsp3) is 0.400. The van der Waals surface area contributed by atoms with Crippen molar-refractivity contribution in [3.8, 4) is 0 Å². The Kier molecular flexibility index (Phi) is 5.83. The number of nitro groups is 1. The monoisotopic (exact) mass is 403 g/mol. The fourth-order valence-electron chi connectivity index (χ4n) is 3.48. The third-order valence-corrected chi connectivity index (χ3v) is 7.44. The minimum absolute atomic E-state index is 0.0338. The number of benzene rings is 2. The molecule has 1 aliphatic rings. The van der Waals surface area contributed by atoms with E-state index in [2.05, 4.69) is 24.0 Å². The molecule has 0 unspecified atom stereocenters. The van der Waals surface area contributed by atoms with Crippen molar-refractivity contribution in [2.45, 2.75) is 32.2 Å². The standard InChI is InChI=1S/C20H25N3O4S/c1-15-6-4-5-7-18(15)14-21-8-10-22(11-9-21)28(26,27)20-13-19(23(24)25)12-16(2)17(20)3/h4-7,12-13H,8-11,14H2,1-3H3. The minimum Gasteiger partial charge on any atom is -0.296 e. The smallest absolute Gasteiger partial charge is 0.271 e. The van der Waals surface area contributed by atoms with E-state index in [9.17, 15) is 18.5 Å². The van der Waals surface area contributed by atoms with Gasteiger partial charge in [-0.3, -0.25) is 15.0 Å². The molecule has 0 aliphatic carbocycles. The summed E-state index contributed by atoms with van der Waals surface area (Å²) < 4.78 is 27.7. The Morgan fingerprint density at radius 3 is 2.25 bits per heavy atom. The van der Waals surface area contributed by atoms with E-state index in [1.807, 2.05) is 12.1 Å². The number of nitrogens with zero attached hydrogens (tertiary/aromatic N) is 3. The molecule has 0 saturated carbocycles. The van der Waals surface area contributed by atoms with E-state index in [4.69, 9.17) is 0 Å². The lowest BCUT2D eigenvalue weighted by Gasteiger charge is -2.34. The van der Waals surface area contributed by atoms with Gasteiger partial charge in [-0.2, -0.15) is 4.31 Å². The number of hydrogen-bond acceptors (Lipinski definition) is 5. The van der Waals surface area contributed by atoms with Crippen LogP contribution < -0.4 is 0 Å². The van der Waals surface area contributed by atoms with E-state index in [-0.39, 0.29) is 10.6 Å². The number of rotatable bonds is 5. The van der Waals surface area contributed by atoms with Gasteiger partial charge in [0.25, 0.3) is 5.69 Å². The summed E-state index contributed by atoms with van der Waals surface area (Å²) in [6, 6.07) is 10.8. The average Bonchev–Trinajstić information content (AvgIpc) is 2.66. The molecule has 28 heavy (non-hydrogen) atoms. The van der Waals surface area contributed by atoms with Crippen LogP contribution in [0.2, 0.25) is 0 Å². The van der Waals surface area contributed by atoms with Crippen LogP contribution in [0.3, 0.4) is 0 Å². The molecule has 8 heteroatoms. The first-order chi connectivity index (χ1) is 13.2. The molecule has 1 aliphatic heterocycles. The molecule has 0 bridgehead atoms. The second kappa shape index (κ2) is 7.98. The SMILES string of the molecule is Cc1ccccc1CN1CCN(S(=O)(=O)c2cc([N+](=O)[O-])cc(C)c2C)CC1. The maximum absolute atomic E-state index is 13.1. The summed E-state index contributed by atoms with van der Waals surface area (Å²) in [4.78, 5) is 12.9. The molecule has 150 valence electrons. The van der Waals surface area contributed by atoms with Gasteiger partial charge >= 0.3 is 0 Å². The number of nitro benzene ring substituents is 1. The van der Waals surface area contributed by atoms with Gasteiger partial charge in [0.15, 0.2) is 0 Å². The summed E-state index contributed by atoms with van der Waals surface area (Å²) in [6.07, 6.45) is 0. The van der Waals surface area contributed by atoms with Gasteiger partial charge < -0.3 is 0 Å². The lowest BCUT2D eigenvalue weighted by molar-refractivity contribution is -0.385. The molecule has 1 saturated heterocycles. The highest BCUT2D eigenvalue weighted by molar-refractivity contribution is 7.89. The van der Waals surface area contributed by atoms with E-state index in [0.717, 1.165) is 6.54 Å². The summed E-state index contributed by atoms with van der Waals surface area (Å²) in [6.45, 7) is 8.24. The lowest BCUT2D eigenvalue weighted by Crippen LogP contribution is -2.48. The van der Waals surface area contributed by atoms with Gasteiger partial charge in [0.05, 0.1) is 9.82 Å². The first-order valence-electron chi connectivity index (χ1n) is 9.23. The molecule has 3 rings (SSSR count). The molecule has 1 fully saturated rings. The normalized spacial score (nSPS) is 16.2. The third kappa shape index (κ3) is 4.09. The Balaban J connectivity index is 1.77. The Labute approximate surface area is 165 Å². The highest BCUT2D eigenvalue weighted by atomic mass is 32.2. The van der Waals surface area contributed by atoms with Crippen LogP contribution in [0.5, 0.6) is 0 Å². The maximum Gasteiger partial charge on any atom is 0.271 e. The minimum atomic E-state index is -3.77. The molecule has 0 N–H and O–H groups in total. The van der Waals surface area contributed by atoms with E-state index in [1.54, 1.807) is 13.8 Å². The van der Waals surface area contributed by atoms with Crippen molar-refractivity contribution in [3.63, 3.8) is 0 Å². The van der Waals surface area contributed by atoms with Crippen molar-refractivity contribution in [1.29, 1.82) is 0 Å². The molecule has 0 spiro atoms. The largest absolute Gasteiger partial charge is 0.296 e. The first-order valence-corrected chi connectivity index (χ1v) is 10.7. The van der Waals surface area contributed by atoms with Gasteiger partial charge in [-0.05, 0) is 43.0 Å². The number of non-ortho nitro benzene ring substituents is 1. The number of piperazine rings is 1. The zero-order chi connectivity index (χ0) is 20.5. The molecular weight excluding hydrogens is 378 g/mol. The molecule has 0 atom stereocenters. The number of sulfonamides is 1. The van der Waals surface area contributed by atoms with Crippen LogP contribution in [0.15, 0.2) is 41.3 Å². The van der Waals surface area contributed by atoms with Crippen molar-refractivity contribution >= 4 is 15.7 Å².